The van der Waals surface area contributed by atoms with Crippen LogP contribution in [0.15, 0.2) is 4.99 Å². The minimum atomic E-state index is -1.92. The van der Waals surface area contributed by atoms with E-state index in [-0.39, 0.29) is 18.2 Å². The van der Waals surface area contributed by atoms with Crippen molar-refractivity contribution in [3.63, 3.8) is 0 Å². The Kier molecular flexibility index (Phi) is 5.15. The zero-order valence-corrected chi connectivity index (χ0v) is 18.6. The number of thioether (sulfide) groups is 1. The zero-order chi connectivity index (χ0) is 18.6. The first-order chi connectivity index (χ1) is 12.3. The predicted molar refractivity (Wildman–Crippen MR) is 112 cm³/mol. The highest BCUT2D eigenvalue weighted by Crippen LogP contribution is 2.43. The molecule has 1 aromatic rings. The van der Waals surface area contributed by atoms with Crippen LogP contribution in [-0.2, 0) is 9.47 Å². The number of aliphatic hydroxyl groups is 1. The van der Waals surface area contributed by atoms with Gasteiger partial charge in [0.25, 0.3) is 0 Å². The van der Waals surface area contributed by atoms with Crippen LogP contribution in [0.25, 0.3) is 3.04 Å². The Morgan fingerprint density at radius 1 is 1.42 bits per heavy atom. The molecule has 10 heteroatoms. The van der Waals surface area contributed by atoms with Gasteiger partial charge in [0.15, 0.2) is 16.6 Å². The van der Waals surface area contributed by atoms with E-state index in [9.17, 15) is 5.11 Å². The maximum Gasteiger partial charge on any atom is 0.182 e. The molecule has 144 valence electrons. The van der Waals surface area contributed by atoms with Gasteiger partial charge in [-0.25, -0.2) is 9.67 Å². The van der Waals surface area contributed by atoms with Crippen molar-refractivity contribution in [1.29, 1.82) is 0 Å². The second-order valence-corrected chi connectivity index (χ2v) is 14.0. The molecule has 3 aliphatic rings. The van der Waals surface area contributed by atoms with Crippen molar-refractivity contribution in [2.75, 3.05) is 5.75 Å². The third-order valence-electron chi connectivity index (χ3n) is 4.58. The van der Waals surface area contributed by atoms with Crippen molar-refractivity contribution in [3.8, 4) is 0 Å². The van der Waals surface area contributed by atoms with Crippen LogP contribution in [0.1, 0.15) is 39.7 Å². The van der Waals surface area contributed by atoms with Gasteiger partial charge in [-0.15, -0.1) is 16.9 Å². The lowest BCUT2D eigenvalue weighted by atomic mass is 10.2. The average Bonchev–Trinajstić information content (AvgIpc) is 3.22. The second-order valence-electron chi connectivity index (χ2n) is 6.98. The van der Waals surface area contributed by atoms with E-state index in [2.05, 4.69) is 21.8 Å². The molecule has 4 atom stereocenters. The lowest BCUT2D eigenvalue weighted by Crippen LogP contribution is -2.39. The summed E-state index contributed by atoms with van der Waals surface area (Å²) in [7, 11) is 0. The fraction of sp³-hybridized carbons (Fsp3) is 0.688. The Bertz CT molecular complexity index is 940. The molecule has 1 saturated carbocycles. The lowest BCUT2D eigenvalue weighted by molar-refractivity contribution is -0.166. The fourth-order valence-corrected chi connectivity index (χ4v) is 9.22. The van der Waals surface area contributed by atoms with Crippen LogP contribution in [-0.4, -0.2) is 57.4 Å². The first-order valence-electron chi connectivity index (χ1n) is 8.54. The third-order valence-corrected chi connectivity index (χ3v) is 12.1. The number of hydrogen-bond acceptors (Lipinski definition) is 7. The molecule has 0 aromatic carbocycles. The summed E-state index contributed by atoms with van der Waals surface area (Å²) in [5.41, 5.74) is 0.650. The van der Waals surface area contributed by atoms with E-state index >= 15 is 0 Å². The van der Waals surface area contributed by atoms with Crippen LogP contribution in [0.3, 0.4) is 0 Å². The minimum absolute atomic E-state index is 0.191. The molecule has 26 heavy (non-hydrogen) atoms. The van der Waals surface area contributed by atoms with Gasteiger partial charge in [0.05, 0.1) is 12.1 Å². The van der Waals surface area contributed by atoms with Crippen molar-refractivity contribution in [2.24, 2.45) is 4.99 Å². The maximum absolute atomic E-state index is 10.4. The van der Waals surface area contributed by atoms with Crippen molar-refractivity contribution in [3.05, 3.63) is 10.8 Å². The number of nitrogens with zero attached hydrogens (tertiary/aromatic N) is 4. The molecular formula is C16H22ClIN4O3S. The van der Waals surface area contributed by atoms with Crippen LogP contribution in [0.2, 0.25) is 0 Å². The van der Waals surface area contributed by atoms with Crippen molar-refractivity contribution >= 4 is 52.8 Å². The highest BCUT2D eigenvalue weighted by Gasteiger charge is 2.55. The van der Waals surface area contributed by atoms with Gasteiger partial charge in [-0.1, -0.05) is 47.1 Å². The van der Waals surface area contributed by atoms with E-state index < -0.39 is 30.8 Å². The van der Waals surface area contributed by atoms with Crippen LogP contribution in [0, 0.1) is 0 Å². The summed E-state index contributed by atoms with van der Waals surface area (Å²) in [6.45, 7) is 5.85. The molecular weight excluding hydrogens is 491 g/mol. The fourth-order valence-electron chi connectivity index (χ4n) is 3.50. The molecule has 1 aromatic heterocycles. The zero-order valence-electron chi connectivity index (χ0n) is 14.9. The molecule has 0 amide bonds. The van der Waals surface area contributed by atoms with E-state index in [4.69, 9.17) is 26.1 Å². The quantitative estimate of drug-likeness (QED) is 0.611. The number of aromatic nitrogens is 3. The predicted octanol–water partition coefficient (Wildman–Crippen LogP) is 1.21. The standard InChI is InChI=1S/C16H22ClIN4O3S/c1-5-6-26-15-18(4)13(17)10-14(19-15)22(21-20-10)8-7-9(23)12-11(8)24-16(2,3)25-12/h8-9,11-12,23H,4-7H2,1-3H3/t8-,9+,11+,12-/m1/s1. The number of hydrogen-bond donors (Lipinski definition) is 1. The summed E-state index contributed by atoms with van der Waals surface area (Å²) < 4.78 is 19.7. The topological polar surface area (TPSA) is 81.8 Å². The van der Waals surface area contributed by atoms with E-state index in [1.165, 1.54) is 0 Å². The van der Waals surface area contributed by atoms with Crippen molar-refractivity contribution in [2.45, 2.75) is 63.8 Å². The molecule has 0 bridgehead atoms. The van der Waals surface area contributed by atoms with Gasteiger partial charge in [-0.2, -0.15) is 0 Å². The minimum Gasteiger partial charge on any atom is -0.390 e. The van der Waals surface area contributed by atoms with E-state index in [0.717, 1.165) is 15.1 Å². The molecule has 3 heterocycles. The normalized spacial score (nSPS) is 33.3. The summed E-state index contributed by atoms with van der Waals surface area (Å²) in [4.78, 5) is 4.84. The Balaban J connectivity index is 1.77. The highest BCUT2D eigenvalue weighted by molar-refractivity contribution is 14.2. The first-order valence-corrected chi connectivity index (χ1v) is 13.6. The average molecular weight is 513 g/mol. The van der Waals surface area contributed by atoms with Gasteiger partial charge in [-0.05, 0) is 26.0 Å². The summed E-state index contributed by atoms with van der Waals surface area (Å²) in [6, 6.07) is -0.191. The van der Waals surface area contributed by atoms with E-state index in [1.54, 1.807) is 16.4 Å². The lowest BCUT2D eigenvalue weighted by Gasteiger charge is -2.22. The second kappa shape index (κ2) is 7.00. The summed E-state index contributed by atoms with van der Waals surface area (Å²) in [6.07, 6.45) is 0.283. The van der Waals surface area contributed by atoms with Gasteiger partial charge in [0.2, 0.25) is 0 Å². The molecule has 2 aliphatic heterocycles. The van der Waals surface area contributed by atoms with Crippen LogP contribution >= 0.6 is 42.2 Å². The number of fused-ring (bicyclic) bond motifs is 2. The van der Waals surface area contributed by atoms with E-state index in [0.29, 0.717) is 20.3 Å². The number of halogens is 2. The molecule has 0 spiro atoms. The van der Waals surface area contributed by atoms with Gasteiger partial charge in [0.1, 0.15) is 18.2 Å². The smallest absolute Gasteiger partial charge is 0.182 e. The molecule has 0 unspecified atom stereocenters. The van der Waals surface area contributed by atoms with Gasteiger partial charge in [-0.3, -0.25) is 0 Å². The van der Waals surface area contributed by atoms with Crippen molar-refractivity contribution < 1.29 is 14.6 Å². The number of rotatable bonds is 4. The highest BCUT2D eigenvalue weighted by atomic mass is 127. The van der Waals surface area contributed by atoms with Gasteiger partial charge < -0.3 is 14.6 Å². The maximum atomic E-state index is 10.4. The Morgan fingerprint density at radius 3 is 2.88 bits per heavy atom. The number of aliphatic hydroxyl groups excluding tert-OH is 1. The summed E-state index contributed by atoms with van der Waals surface area (Å²) >= 11 is 6.39. The van der Waals surface area contributed by atoms with Gasteiger partial charge >= 0.3 is 0 Å². The molecule has 7 nitrogen and oxygen atoms in total. The Hall–Kier alpha value is -0.200. The Morgan fingerprint density at radius 2 is 2.15 bits per heavy atom. The summed E-state index contributed by atoms with van der Waals surface area (Å²) in [5, 5.41) is 19.6. The third kappa shape index (κ3) is 3.14. The molecule has 1 N–H and O–H groups in total. The van der Waals surface area contributed by atoms with Crippen LogP contribution < -0.4 is 10.8 Å². The monoisotopic (exact) mass is 512 g/mol. The first kappa shape index (κ1) is 19.1. The van der Waals surface area contributed by atoms with Gasteiger partial charge in [0, 0.05) is 6.42 Å². The molecule has 2 fully saturated rings. The van der Waals surface area contributed by atoms with Crippen LogP contribution in [0.4, 0.5) is 0 Å². The SMILES string of the molecule is C=I1=C(SCCC)N=c2c(nnn2[C@@H]2C[C@H](O)[C@H]3OC(C)(C)O[C@H]32)=C1Cl. The Labute approximate surface area is 167 Å². The molecule has 0 radical (unpaired) electrons. The number of ether oxygens (including phenoxy) is 2. The summed E-state index contributed by atoms with van der Waals surface area (Å²) in [5.74, 6) is 0.262. The molecule has 1 saturated heterocycles. The van der Waals surface area contributed by atoms with E-state index in [1.807, 2.05) is 13.8 Å². The van der Waals surface area contributed by atoms with Crippen molar-refractivity contribution in [1.82, 2.24) is 15.0 Å². The van der Waals surface area contributed by atoms with Crippen LogP contribution in [0.5, 0.6) is 0 Å². The molecule has 1 aliphatic carbocycles. The largest absolute Gasteiger partial charge is 0.390 e. The molecule has 4 rings (SSSR count).